The molecule has 2 heterocycles. The molecule has 80 valence electrons. The van der Waals surface area contributed by atoms with Crippen LogP contribution in [0.2, 0.25) is 0 Å². The summed E-state index contributed by atoms with van der Waals surface area (Å²) < 4.78 is 3.67. The number of carbonyl (C=O) groups excluding carboxylic acids is 1. The molecule has 15 heavy (non-hydrogen) atoms. The minimum absolute atomic E-state index is 0.436. The molecule has 0 aromatic carbocycles. The third-order valence-electron chi connectivity index (χ3n) is 2.26. The Morgan fingerprint density at radius 2 is 2.27 bits per heavy atom. The first kappa shape index (κ1) is 9.76. The van der Waals surface area contributed by atoms with Crippen molar-refractivity contribution >= 4 is 11.6 Å². The van der Waals surface area contributed by atoms with Crippen LogP contribution in [0.3, 0.4) is 0 Å². The number of nitrogens with two attached hydrogens (primary N) is 1. The van der Waals surface area contributed by atoms with E-state index in [-0.39, 0.29) is 0 Å². The van der Waals surface area contributed by atoms with Gasteiger partial charge in [0.15, 0.2) is 0 Å². The highest BCUT2D eigenvalue weighted by Crippen LogP contribution is 2.13. The van der Waals surface area contributed by atoms with E-state index in [1.165, 1.54) is 6.20 Å². The van der Waals surface area contributed by atoms with Crippen LogP contribution in [0.4, 0.5) is 0 Å². The molecule has 0 bridgehead atoms. The fourth-order valence-electron chi connectivity index (χ4n) is 1.68. The highest BCUT2D eigenvalue weighted by Gasteiger charge is 2.13. The van der Waals surface area contributed by atoms with Crippen LogP contribution >= 0.6 is 0 Å². The maximum Gasteiger partial charge on any atom is 0.254 e. The van der Waals surface area contributed by atoms with Gasteiger partial charge in [0.2, 0.25) is 0 Å². The lowest BCUT2D eigenvalue weighted by Gasteiger charge is -2.06. The van der Waals surface area contributed by atoms with Crippen LogP contribution in [0, 0.1) is 5.92 Å². The number of hydrogen-bond acceptors (Lipinski definition) is 2. The quantitative estimate of drug-likeness (QED) is 0.810. The number of carbonyl (C=O) groups is 1. The second kappa shape index (κ2) is 3.42. The summed E-state index contributed by atoms with van der Waals surface area (Å²) in [6.45, 7) is 5.09. The molecule has 2 rings (SSSR count). The molecule has 2 aromatic rings. The molecule has 0 fully saturated rings. The maximum atomic E-state index is 11.2. The predicted molar refractivity (Wildman–Crippen MR) is 56.5 cm³/mol. The van der Waals surface area contributed by atoms with Crippen LogP contribution in [0.15, 0.2) is 18.6 Å². The topological polar surface area (TPSA) is 65.3 Å². The number of primary amides is 1. The third-order valence-corrected chi connectivity index (χ3v) is 2.26. The van der Waals surface area contributed by atoms with E-state index in [2.05, 4.69) is 18.9 Å². The van der Waals surface area contributed by atoms with Crippen molar-refractivity contribution in [3.63, 3.8) is 0 Å². The smallest absolute Gasteiger partial charge is 0.254 e. The summed E-state index contributed by atoms with van der Waals surface area (Å²) in [5.41, 5.74) is 6.52. The molecule has 2 aromatic heterocycles. The number of imidazole rings is 1. The number of fused-ring (bicyclic) bond motifs is 1. The lowest BCUT2D eigenvalue weighted by molar-refractivity contribution is 0.100. The summed E-state index contributed by atoms with van der Waals surface area (Å²) in [7, 11) is 0. The minimum Gasteiger partial charge on any atom is -0.365 e. The molecule has 5 nitrogen and oxygen atoms in total. The summed E-state index contributed by atoms with van der Waals surface area (Å²) >= 11 is 0. The van der Waals surface area contributed by atoms with Crippen LogP contribution in [-0.2, 0) is 6.54 Å². The first-order valence-electron chi connectivity index (χ1n) is 4.92. The summed E-state index contributed by atoms with van der Waals surface area (Å²) in [5, 5.41) is 4.06. The number of amides is 1. The Morgan fingerprint density at radius 3 is 2.87 bits per heavy atom. The molecule has 0 atom stereocenters. The SMILES string of the molecule is CC(C)Cn1ccn2ncc(C(N)=O)c12. The number of nitrogens with zero attached hydrogens (tertiary/aromatic N) is 3. The molecule has 2 N–H and O–H groups in total. The Hall–Kier alpha value is -1.78. The van der Waals surface area contributed by atoms with Crippen LogP contribution in [-0.4, -0.2) is 20.1 Å². The first-order chi connectivity index (χ1) is 7.09. The van der Waals surface area contributed by atoms with Crippen LogP contribution < -0.4 is 5.73 Å². The summed E-state index contributed by atoms with van der Waals surface area (Å²) in [5.74, 6) is 0.0746. The average Bonchev–Trinajstić information content (AvgIpc) is 2.66. The van der Waals surface area contributed by atoms with Gasteiger partial charge in [0.1, 0.15) is 11.2 Å². The Labute approximate surface area is 87.5 Å². The molecule has 1 amide bonds. The largest absolute Gasteiger partial charge is 0.365 e. The fourth-order valence-corrected chi connectivity index (χ4v) is 1.68. The van der Waals surface area contributed by atoms with Crippen LogP contribution in [0.25, 0.3) is 5.65 Å². The van der Waals surface area contributed by atoms with Crippen molar-refractivity contribution in [3.8, 4) is 0 Å². The van der Waals surface area contributed by atoms with E-state index in [0.717, 1.165) is 12.2 Å². The Balaban J connectivity index is 2.55. The molecule has 0 aliphatic rings. The first-order valence-corrected chi connectivity index (χ1v) is 4.92. The van der Waals surface area contributed by atoms with Gasteiger partial charge in [-0.3, -0.25) is 4.79 Å². The van der Waals surface area contributed by atoms with Gasteiger partial charge in [-0.15, -0.1) is 0 Å². The molecule has 0 unspecified atom stereocenters. The molecule has 0 saturated heterocycles. The van der Waals surface area contributed by atoms with Crippen LogP contribution in [0.5, 0.6) is 0 Å². The molecule has 0 aliphatic heterocycles. The van der Waals surface area contributed by atoms with Gasteiger partial charge in [-0.2, -0.15) is 5.10 Å². The molecular weight excluding hydrogens is 192 g/mol. The van der Waals surface area contributed by atoms with E-state index in [9.17, 15) is 4.79 Å². The van der Waals surface area contributed by atoms with Gasteiger partial charge in [0, 0.05) is 18.9 Å². The standard InChI is InChI=1S/C10H14N4O/c1-7(2)6-13-3-4-14-10(13)8(5-12-14)9(11)15/h3-5,7H,6H2,1-2H3,(H2,11,15). The third kappa shape index (κ3) is 1.60. The van der Waals surface area contributed by atoms with Crippen molar-refractivity contribution in [2.24, 2.45) is 11.7 Å². The van der Waals surface area contributed by atoms with Crippen molar-refractivity contribution in [2.45, 2.75) is 20.4 Å². The van der Waals surface area contributed by atoms with Gasteiger partial charge in [0.05, 0.1) is 6.20 Å². The van der Waals surface area contributed by atoms with Crippen LogP contribution in [0.1, 0.15) is 24.2 Å². The van der Waals surface area contributed by atoms with Gasteiger partial charge in [-0.1, -0.05) is 13.8 Å². The van der Waals surface area contributed by atoms with Crippen molar-refractivity contribution in [3.05, 3.63) is 24.2 Å². The Kier molecular flexibility index (Phi) is 2.22. The predicted octanol–water partition coefficient (Wildman–Crippen LogP) is 0.891. The molecule has 0 radical (unpaired) electrons. The molecule has 5 heteroatoms. The van der Waals surface area contributed by atoms with Crippen molar-refractivity contribution in [1.29, 1.82) is 0 Å². The van der Waals surface area contributed by atoms with E-state index >= 15 is 0 Å². The normalized spacial score (nSPS) is 11.4. The Morgan fingerprint density at radius 1 is 1.53 bits per heavy atom. The van der Waals surface area contributed by atoms with Gasteiger partial charge < -0.3 is 10.3 Å². The Bertz CT molecular complexity index is 494. The van der Waals surface area contributed by atoms with E-state index in [1.807, 2.05) is 17.0 Å². The monoisotopic (exact) mass is 206 g/mol. The van der Waals surface area contributed by atoms with Crippen molar-refractivity contribution in [2.75, 3.05) is 0 Å². The van der Waals surface area contributed by atoms with E-state index in [1.54, 1.807) is 4.52 Å². The maximum absolute atomic E-state index is 11.2. The van der Waals surface area contributed by atoms with E-state index in [4.69, 9.17) is 5.73 Å². The van der Waals surface area contributed by atoms with E-state index < -0.39 is 5.91 Å². The molecule has 0 aliphatic carbocycles. The molecule has 0 saturated carbocycles. The van der Waals surface area contributed by atoms with Crippen molar-refractivity contribution < 1.29 is 4.79 Å². The summed E-state index contributed by atoms with van der Waals surface area (Å²) in [6.07, 6.45) is 5.24. The van der Waals surface area contributed by atoms with Gasteiger partial charge in [0.25, 0.3) is 5.91 Å². The summed E-state index contributed by atoms with van der Waals surface area (Å²) in [4.78, 5) is 11.2. The second-order valence-corrected chi connectivity index (χ2v) is 4.04. The highest BCUT2D eigenvalue weighted by molar-refractivity contribution is 5.98. The van der Waals surface area contributed by atoms with Gasteiger partial charge >= 0.3 is 0 Å². The molecule has 0 spiro atoms. The van der Waals surface area contributed by atoms with Gasteiger partial charge in [-0.05, 0) is 5.92 Å². The lowest BCUT2D eigenvalue weighted by atomic mass is 10.2. The summed E-state index contributed by atoms with van der Waals surface area (Å²) in [6, 6.07) is 0. The highest BCUT2D eigenvalue weighted by atomic mass is 16.1. The zero-order valence-electron chi connectivity index (χ0n) is 8.84. The zero-order valence-corrected chi connectivity index (χ0v) is 8.84. The average molecular weight is 206 g/mol. The molecular formula is C10H14N4O. The number of rotatable bonds is 3. The number of hydrogen-bond donors (Lipinski definition) is 1. The second-order valence-electron chi connectivity index (χ2n) is 4.04. The fraction of sp³-hybridized carbons (Fsp3) is 0.400. The van der Waals surface area contributed by atoms with Crippen molar-refractivity contribution in [1.82, 2.24) is 14.2 Å². The van der Waals surface area contributed by atoms with E-state index in [0.29, 0.717) is 11.5 Å². The number of aromatic nitrogens is 3. The minimum atomic E-state index is -0.436. The zero-order chi connectivity index (χ0) is 11.0. The van der Waals surface area contributed by atoms with Gasteiger partial charge in [-0.25, -0.2) is 4.52 Å². The lowest BCUT2D eigenvalue weighted by Crippen LogP contribution is -2.13.